The lowest BCUT2D eigenvalue weighted by Gasteiger charge is -2.37. The van der Waals surface area contributed by atoms with Gasteiger partial charge in [-0.1, -0.05) is 34.1 Å². The molecule has 0 amide bonds. The van der Waals surface area contributed by atoms with Crippen LogP contribution in [-0.2, 0) is 10.0 Å². The van der Waals surface area contributed by atoms with E-state index in [0.717, 1.165) is 4.47 Å². The number of halogens is 1. The zero-order valence-electron chi connectivity index (χ0n) is 15.9. The molecular formula is C20H21BrN4O3S. The maximum atomic E-state index is 12.9. The van der Waals surface area contributed by atoms with Crippen LogP contribution in [-0.4, -0.2) is 53.8 Å². The van der Waals surface area contributed by atoms with Crippen LogP contribution >= 0.6 is 15.9 Å². The second kappa shape index (κ2) is 7.98. The molecule has 29 heavy (non-hydrogen) atoms. The molecule has 0 radical (unpaired) electrons. The zero-order chi connectivity index (χ0) is 20.6. The normalized spacial score (nSPS) is 17.4. The van der Waals surface area contributed by atoms with Gasteiger partial charge in [-0.15, -0.1) is 0 Å². The van der Waals surface area contributed by atoms with E-state index in [4.69, 9.17) is 0 Å². The first-order valence-corrected chi connectivity index (χ1v) is 11.6. The van der Waals surface area contributed by atoms with Crippen molar-refractivity contribution in [3.63, 3.8) is 0 Å². The van der Waals surface area contributed by atoms with E-state index < -0.39 is 10.0 Å². The minimum Gasteiger partial charge on any atom is -0.309 e. The number of nitrogens with one attached hydrogen (secondary N) is 1. The lowest BCUT2D eigenvalue weighted by Crippen LogP contribution is -2.49. The molecule has 152 valence electrons. The maximum Gasteiger partial charge on any atom is 0.258 e. The lowest BCUT2D eigenvalue weighted by molar-refractivity contribution is 0.141. The summed E-state index contributed by atoms with van der Waals surface area (Å²) < 4.78 is 28.0. The van der Waals surface area contributed by atoms with E-state index in [1.807, 2.05) is 25.1 Å². The van der Waals surface area contributed by atoms with Gasteiger partial charge in [-0.3, -0.25) is 9.69 Å². The number of fused-ring (bicyclic) bond motifs is 1. The number of aromatic nitrogens is 2. The van der Waals surface area contributed by atoms with Crippen LogP contribution in [0.25, 0.3) is 10.9 Å². The summed E-state index contributed by atoms with van der Waals surface area (Å²) in [4.78, 5) is 22.3. The molecule has 4 rings (SSSR count). The van der Waals surface area contributed by atoms with Crippen LogP contribution in [0.15, 0.2) is 62.7 Å². The Hall–Kier alpha value is -2.07. The van der Waals surface area contributed by atoms with Crippen LogP contribution in [0.3, 0.4) is 0 Å². The van der Waals surface area contributed by atoms with Crippen molar-refractivity contribution in [3.05, 3.63) is 69.2 Å². The summed E-state index contributed by atoms with van der Waals surface area (Å²) in [6.07, 6.45) is 0. The molecule has 0 saturated carbocycles. The molecular weight excluding hydrogens is 456 g/mol. The highest BCUT2D eigenvalue weighted by Gasteiger charge is 2.31. The summed E-state index contributed by atoms with van der Waals surface area (Å²) in [5, 5.41) is 0.563. The van der Waals surface area contributed by atoms with Crippen molar-refractivity contribution in [3.8, 4) is 0 Å². The highest BCUT2D eigenvalue weighted by atomic mass is 79.9. The monoisotopic (exact) mass is 476 g/mol. The Kier molecular flexibility index (Phi) is 5.56. The number of benzene rings is 2. The van der Waals surface area contributed by atoms with Gasteiger partial charge in [0.15, 0.2) is 0 Å². The largest absolute Gasteiger partial charge is 0.309 e. The quantitative estimate of drug-likeness (QED) is 0.625. The molecule has 0 spiro atoms. The van der Waals surface area contributed by atoms with Crippen LogP contribution in [0.5, 0.6) is 0 Å². The topological polar surface area (TPSA) is 86.4 Å². The maximum absolute atomic E-state index is 12.9. The third-order valence-electron chi connectivity index (χ3n) is 5.28. The molecule has 2 heterocycles. The predicted octanol–water partition coefficient (Wildman–Crippen LogP) is 2.75. The zero-order valence-corrected chi connectivity index (χ0v) is 18.3. The van der Waals surface area contributed by atoms with Gasteiger partial charge < -0.3 is 4.98 Å². The standard InChI is InChI=1S/C20H21BrN4O3S/c1-14(19-22-18-8-3-2-7-17(18)20(26)23-19)24-9-11-25(12-10-24)29(27,28)16-6-4-5-15(21)13-16/h2-8,13-14H,9-12H2,1H3,(H,22,23,26). The third kappa shape index (κ3) is 4.00. The molecule has 1 aromatic heterocycles. The van der Waals surface area contributed by atoms with Gasteiger partial charge >= 0.3 is 0 Å². The number of aromatic amines is 1. The Bertz CT molecular complexity index is 1200. The molecule has 7 nitrogen and oxygen atoms in total. The van der Waals surface area contributed by atoms with Gasteiger partial charge in [0.05, 0.1) is 21.8 Å². The molecule has 1 aliphatic heterocycles. The lowest BCUT2D eigenvalue weighted by atomic mass is 10.2. The van der Waals surface area contributed by atoms with Crippen molar-refractivity contribution in [2.45, 2.75) is 17.9 Å². The molecule has 1 saturated heterocycles. The number of para-hydroxylation sites is 1. The van der Waals surface area contributed by atoms with E-state index in [1.165, 1.54) is 4.31 Å². The molecule has 1 unspecified atom stereocenters. The van der Waals surface area contributed by atoms with E-state index >= 15 is 0 Å². The summed E-state index contributed by atoms with van der Waals surface area (Å²) in [5.74, 6) is 0.594. The molecule has 1 fully saturated rings. The molecule has 1 atom stereocenters. The first-order chi connectivity index (χ1) is 13.9. The molecule has 3 aromatic rings. The van der Waals surface area contributed by atoms with Gasteiger partial charge in [0.1, 0.15) is 5.82 Å². The minimum atomic E-state index is -3.53. The molecule has 1 N–H and O–H groups in total. The van der Waals surface area contributed by atoms with Gasteiger partial charge in [-0.2, -0.15) is 4.31 Å². The van der Waals surface area contributed by atoms with E-state index in [2.05, 4.69) is 30.8 Å². The van der Waals surface area contributed by atoms with Crippen molar-refractivity contribution >= 4 is 36.9 Å². The Morgan fingerprint density at radius 1 is 1.07 bits per heavy atom. The number of H-pyrrole nitrogens is 1. The first kappa shape index (κ1) is 20.2. The van der Waals surface area contributed by atoms with Gasteiger partial charge in [-0.05, 0) is 37.3 Å². The Morgan fingerprint density at radius 3 is 2.52 bits per heavy atom. The smallest absolute Gasteiger partial charge is 0.258 e. The van der Waals surface area contributed by atoms with Crippen LogP contribution in [0.2, 0.25) is 0 Å². The van der Waals surface area contributed by atoms with Gasteiger partial charge in [0, 0.05) is 30.7 Å². The van der Waals surface area contributed by atoms with Crippen LogP contribution in [0.1, 0.15) is 18.8 Å². The van der Waals surface area contributed by atoms with E-state index in [-0.39, 0.29) is 16.5 Å². The fourth-order valence-electron chi connectivity index (χ4n) is 3.58. The SMILES string of the molecule is CC(c1nc2ccccc2c(=O)[nH]1)N1CCN(S(=O)(=O)c2cccc(Br)c2)CC1. The number of hydrogen-bond acceptors (Lipinski definition) is 5. The number of nitrogens with zero attached hydrogens (tertiary/aromatic N) is 3. The van der Waals surface area contributed by atoms with Crippen LogP contribution < -0.4 is 5.56 Å². The Balaban J connectivity index is 1.50. The first-order valence-electron chi connectivity index (χ1n) is 9.35. The van der Waals surface area contributed by atoms with Crippen molar-refractivity contribution in [1.82, 2.24) is 19.2 Å². The van der Waals surface area contributed by atoms with E-state index in [9.17, 15) is 13.2 Å². The second-order valence-electron chi connectivity index (χ2n) is 7.04. The van der Waals surface area contributed by atoms with Crippen LogP contribution in [0.4, 0.5) is 0 Å². The molecule has 9 heteroatoms. The van der Waals surface area contributed by atoms with Gasteiger partial charge in [0.25, 0.3) is 5.56 Å². The summed E-state index contributed by atoms with van der Waals surface area (Å²) in [6, 6.07) is 13.9. The Labute approximate surface area is 177 Å². The summed E-state index contributed by atoms with van der Waals surface area (Å²) in [5.41, 5.74) is 0.502. The van der Waals surface area contributed by atoms with Gasteiger partial charge in [-0.25, -0.2) is 13.4 Å². The number of piperazine rings is 1. The number of sulfonamides is 1. The summed E-state index contributed by atoms with van der Waals surface area (Å²) in [6.45, 7) is 3.87. The van der Waals surface area contributed by atoms with Gasteiger partial charge in [0.2, 0.25) is 10.0 Å². The Morgan fingerprint density at radius 2 is 1.79 bits per heavy atom. The fraction of sp³-hybridized carbons (Fsp3) is 0.300. The highest BCUT2D eigenvalue weighted by Crippen LogP contribution is 2.24. The minimum absolute atomic E-state index is 0.122. The van der Waals surface area contributed by atoms with Crippen LogP contribution in [0, 0.1) is 0 Å². The van der Waals surface area contributed by atoms with E-state index in [0.29, 0.717) is 42.9 Å². The van der Waals surface area contributed by atoms with Crippen molar-refractivity contribution in [2.24, 2.45) is 0 Å². The third-order valence-corrected chi connectivity index (χ3v) is 7.67. The molecule has 1 aliphatic rings. The average Bonchev–Trinajstić information content (AvgIpc) is 2.73. The number of hydrogen-bond donors (Lipinski definition) is 1. The molecule has 0 aliphatic carbocycles. The highest BCUT2D eigenvalue weighted by molar-refractivity contribution is 9.10. The van der Waals surface area contributed by atoms with Crippen molar-refractivity contribution in [1.29, 1.82) is 0 Å². The molecule has 2 aromatic carbocycles. The summed E-state index contributed by atoms with van der Waals surface area (Å²) in [7, 11) is -3.53. The van der Waals surface area contributed by atoms with E-state index in [1.54, 1.807) is 30.3 Å². The molecule has 0 bridgehead atoms. The summed E-state index contributed by atoms with van der Waals surface area (Å²) >= 11 is 3.33. The second-order valence-corrected chi connectivity index (χ2v) is 9.90. The van der Waals surface area contributed by atoms with Crippen molar-refractivity contribution in [2.75, 3.05) is 26.2 Å². The average molecular weight is 477 g/mol. The fourth-order valence-corrected chi connectivity index (χ4v) is 5.60. The van der Waals surface area contributed by atoms with Crippen molar-refractivity contribution < 1.29 is 8.42 Å². The number of rotatable bonds is 4. The predicted molar refractivity (Wildman–Crippen MR) is 115 cm³/mol.